The topological polar surface area (TPSA) is 66.5 Å². The highest BCUT2D eigenvalue weighted by molar-refractivity contribution is 6.23. The van der Waals surface area contributed by atoms with Gasteiger partial charge in [-0.1, -0.05) is 45.0 Å². The van der Waals surface area contributed by atoms with Crippen LogP contribution in [0.15, 0.2) is 48.5 Å². The molecule has 1 aliphatic heterocycles. The summed E-state index contributed by atoms with van der Waals surface area (Å²) in [5.74, 6) is -1.27. The van der Waals surface area contributed by atoms with E-state index in [1.807, 2.05) is 24.3 Å². The van der Waals surface area contributed by atoms with Crippen molar-refractivity contribution in [2.75, 3.05) is 5.32 Å². The number of anilines is 1. The molecule has 134 valence electrons. The summed E-state index contributed by atoms with van der Waals surface area (Å²) in [6.45, 7) is 7.90. The van der Waals surface area contributed by atoms with Gasteiger partial charge in [0.1, 0.15) is 6.04 Å². The lowest BCUT2D eigenvalue weighted by atomic mass is 9.87. The number of hydrogen-bond acceptors (Lipinski definition) is 3. The maximum absolute atomic E-state index is 12.6. The van der Waals surface area contributed by atoms with Crippen LogP contribution in [-0.4, -0.2) is 28.7 Å². The largest absolute Gasteiger partial charge is 0.324 e. The van der Waals surface area contributed by atoms with Crippen LogP contribution in [0.3, 0.4) is 0 Å². The van der Waals surface area contributed by atoms with Gasteiger partial charge in [-0.15, -0.1) is 0 Å². The van der Waals surface area contributed by atoms with Crippen molar-refractivity contribution in [1.29, 1.82) is 0 Å². The van der Waals surface area contributed by atoms with Crippen molar-refractivity contribution in [2.24, 2.45) is 0 Å². The fourth-order valence-corrected chi connectivity index (χ4v) is 2.98. The first kappa shape index (κ1) is 17.9. The number of carbonyl (C=O) groups excluding carboxylic acids is 3. The third-order valence-electron chi connectivity index (χ3n) is 4.61. The zero-order valence-corrected chi connectivity index (χ0v) is 15.4. The second-order valence-corrected chi connectivity index (χ2v) is 7.52. The molecule has 3 rings (SSSR count). The second kappa shape index (κ2) is 6.41. The Morgan fingerprint density at radius 3 is 1.88 bits per heavy atom. The number of fused-ring (bicyclic) bond motifs is 1. The molecule has 5 nitrogen and oxygen atoms in total. The lowest BCUT2D eigenvalue weighted by Crippen LogP contribution is -2.45. The molecule has 1 heterocycles. The van der Waals surface area contributed by atoms with E-state index in [2.05, 4.69) is 26.1 Å². The Labute approximate surface area is 153 Å². The monoisotopic (exact) mass is 350 g/mol. The molecule has 3 amide bonds. The molecule has 5 heteroatoms. The van der Waals surface area contributed by atoms with Crippen molar-refractivity contribution in [3.05, 3.63) is 65.2 Å². The van der Waals surface area contributed by atoms with Gasteiger partial charge in [0.25, 0.3) is 11.8 Å². The van der Waals surface area contributed by atoms with E-state index in [-0.39, 0.29) is 5.41 Å². The summed E-state index contributed by atoms with van der Waals surface area (Å²) in [4.78, 5) is 38.6. The minimum absolute atomic E-state index is 0.0238. The van der Waals surface area contributed by atoms with Crippen LogP contribution in [-0.2, 0) is 10.2 Å². The van der Waals surface area contributed by atoms with Crippen LogP contribution in [0.1, 0.15) is 54.0 Å². The highest BCUT2D eigenvalue weighted by Gasteiger charge is 2.40. The first-order chi connectivity index (χ1) is 12.2. The Kier molecular flexibility index (Phi) is 4.40. The lowest BCUT2D eigenvalue weighted by molar-refractivity contribution is -0.119. The average molecular weight is 350 g/mol. The van der Waals surface area contributed by atoms with E-state index >= 15 is 0 Å². The molecule has 0 aliphatic carbocycles. The number of amides is 3. The fourth-order valence-electron chi connectivity index (χ4n) is 2.98. The quantitative estimate of drug-likeness (QED) is 0.860. The Balaban J connectivity index is 1.75. The van der Waals surface area contributed by atoms with Gasteiger partial charge in [0, 0.05) is 5.69 Å². The van der Waals surface area contributed by atoms with Crippen LogP contribution in [0.2, 0.25) is 0 Å². The molecule has 1 N–H and O–H groups in total. The molecular formula is C21H22N2O3. The number of benzene rings is 2. The van der Waals surface area contributed by atoms with Gasteiger partial charge < -0.3 is 5.32 Å². The molecule has 2 aromatic carbocycles. The van der Waals surface area contributed by atoms with E-state index in [9.17, 15) is 14.4 Å². The number of hydrogen-bond donors (Lipinski definition) is 1. The van der Waals surface area contributed by atoms with E-state index < -0.39 is 23.8 Å². The molecule has 0 bridgehead atoms. The van der Waals surface area contributed by atoms with E-state index in [1.54, 1.807) is 31.2 Å². The van der Waals surface area contributed by atoms with Crippen molar-refractivity contribution >= 4 is 23.4 Å². The predicted octanol–water partition coefficient (Wildman–Crippen LogP) is 3.61. The zero-order chi connectivity index (χ0) is 19.1. The first-order valence-corrected chi connectivity index (χ1v) is 8.58. The maximum atomic E-state index is 12.6. The molecular weight excluding hydrogens is 328 g/mol. The van der Waals surface area contributed by atoms with Crippen molar-refractivity contribution < 1.29 is 14.4 Å². The molecule has 1 atom stereocenters. The first-order valence-electron chi connectivity index (χ1n) is 8.58. The SMILES string of the molecule is CC(C(=O)Nc1ccc(C(C)(C)C)cc1)N1C(=O)c2ccccc2C1=O. The van der Waals surface area contributed by atoms with E-state index in [4.69, 9.17) is 0 Å². The summed E-state index contributed by atoms with van der Waals surface area (Å²) in [6, 6.07) is 13.3. The Bertz CT molecular complexity index is 844. The van der Waals surface area contributed by atoms with Gasteiger partial charge in [-0.3, -0.25) is 19.3 Å². The normalized spacial score (nSPS) is 15.0. The van der Waals surface area contributed by atoms with Gasteiger partial charge in [-0.05, 0) is 42.2 Å². The van der Waals surface area contributed by atoms with E-state index in [0.29, 0.717) is 16.8 Å². The van der Waals surface area contributed by atoms with Gasteiger partial charge in [0.05, 0.1) is 11.1 Å². The summed E-state index contributed by atoms with van der Waals surface area (Å²) >= 11 is 0. The molecule has 1 unspecified atom stereocenters. The molecule has 0 radical (unpaired) electrons. The molecule has 0 fully saturated rings. The van der Waals surface area contributed by atoms with Crippen molar-refractivity contribution in [1.82, 2.24) is 4.90 Å². The number of carbonyl (C=O) groups is 3. The summed E-state index contributed by atoms with van der Waals surface area (Å²) in [5.41, 5.74) is 2.49. The van der Waals surface area contributed by atoms with Crippen LogP contribution in [0.5, 0.6) is 0 Å². The summed E-state index contributed by atoms with van der Waals surface area (Å²) in [6.07, 6.45) is 0. The highest BCUT2D eigenvalue weighted by Crippen LogP contribution is 2.26. The maximum Gasteiger partial charge on any atom is 0.262 e. The van der Waals surface area contributed by atoms with E-state index in [0.717, 1.165) is 10.5 Å². The molecule has 26 heavy (non-hydrogen) atoms. The van der Waals surface area contributed by atoms with Crippen LogP contribution >= 0.6 is 0 Å². The number of nitrogens with one attached hydrogen (secondary N) is 1. The summed E-state index contributed by atoms with van der Waals surface area (Å²) in [7, 11) is 0. The minimum atomic E-state index is -0.898. The molecule has 0 saturated heterocycles. The van der Waals surface area contributed by atoms with Gasteiger partial charge in [-0.2, -0.15) is 0 Å². The van der Waals surface area contributed by atoms with Gasteiger partial charge in [0.2, 0.25) is 5.91 Å². The van der Waals surface area contributed by atoms with Crippen molar-refractivity contribution in [3.63, 3.8) is 0 Å². The molecule has 2 aromatic rings. The zero-order valence-electron chi connectivity index (χ0n) is 15.4. The predicted molar refractivity (Wildman–Crippen MR) is 100 cm³/mol. The minimum Gasteiger partial charge on any atom is -0.324 e. The third kappa shape index (κ3) is 3.12. The van der Waals surface area contributed by atoms with Crippen LogP contribution in [0.25, 0.3) is 0 Å². The van der Waals surface area contributed by atoms with Crippen LogP contribution < -0.4 is 5.32 Å². The lowest BCUT2D eigenvalue weighted by Gasteiger charge is -2.22. The second-order valence-electron chi connectivity index (χ2n) is 7.52. The fraction of sp³-hybridized carbons (Fsp3) is 0.286. The molecule has 0 saturated carbocycles. The van der Waals surface area contributed by atoms with Gasteiger partial charge in [-0.25, -0.2) is 0 Å². The van der Waals surface area contributed by atoms with Crippen LogP contribution in [0.4, 0.5) is 5.69 Å². The smallest absolute Gasteiger partial charge is 0.262 e. The van der Waals surface area contributed by atoms with Gasteiger partial charge >= 0.3 is 0 Å². The summed E-state index contributed by atoms with van der Waals surface area (Å²) < 4.78 is 0. The van der Waals surface area contributed by atoms with Crippen molar-refractivity contribution in [3.8, 4) is 0 Å². The molecule has 1 aliphatic rings. The highest BCUT2D eigenvalue weighted by atomic mass is 16.2. The average Bonchev–Trinajstić information content (AvgIpc) is 2.85. The molecule has 0 spiro atoms. The van der Waals surface area contributed by atoms with Gasteiger partial charge in [0.15, 0.2) is 0 Å². The Hall–Kier alpha value is -2.95. The molecule has 0 aromatic heterocycles. The Morgan fingerprint density at radius 1 is 0.923 bits per heavy atom. The van der Waals surface area contributed by atoms with Crippen LogP contribution in [0, 0.1) is 0 Å². The number of rotatable bonds is 3. The standard InChI is InChI=1S/C21H22N2O3/c1-13(23-19(25)16-7-5-6-8-17(16)20(23)26)18(24)22-15-11-9-14(10-12-15)21(2,3)4/h5-13H,1-4H3,(H,22,24). The van der Waals surface area contributed by atoms with Crippen molar-refractivity contribution in [2.45, 2.75) is 39.2 Å². The summed E-state index contributed by atoms with van der Waals surface area (Å²) in [5, 5.41) is 2.78. The van der Waals surface area contributed by atoms with E-state index in [1.165, 1.54) is 0 Å². The number of imide groups is 1. The third-order valence-corrected chi connectivity index (χ3v) is 4.61. The number of nitrogens with zero attached hydrogens (tertiary/aromatic N) is 1. The Morgan fingerprint density at radius 2 is 1.42 bits per heavy atom.